The topological polar surface area (TPSA) is 60.2 Å². The van der Waals surface area contributed by atoms with Gasteiger partial charge < -0.3 is 14.6 Å². The van der Waals surface area contributed by atoms with Crippen LogP contribution in [0.25, 0.3) is 11.4 Å². The smallest absolute Gasteiger partial charge is 0.227 e. The van der Waals surface area contributed by atoms with Gasteiger partial charge in [-0.3, -0.25) is 0 Å². The number of aromatic nitrogens is 2. The minimum absolute atomic E-state index is 0.444. The van der Waals surface area contributed by atoms with Crippen molar-refractivity contribution in [2.24, 2.45) is 0 Å². The van der Waals surface area contributed by atoms with Crippen LogP contribution in [0.4, 0.5) is 0 Å². The predicted molar refractivity (Wildman–Crippen MR) is 82.5 cm³/mol. The Morgan fingerprint density at radius 3 is 2.90 bits per heavy atom. The monoisotopic (exact) mass is 289 g/mol. The van der Waals surface area contributed by atoms with Gasteiger partial charge >= 0.3 is 0 Å². The van der Waals surface area contributed by atoms with Crippen LogP contribution in [0, 0.1) is 6.92 Å². The molecule has 5 nitrogen and oxygen atoms in total. The highest BCUT2D eigenvalue weighted by Gasteiger charge is 2.14. The molecular weight excluding hydrogens is 266 g/mol. The van der Waals surface area contributed by atoms with E-state index in [1.807, 2.05) is 25.1 Å². The summed E-state index contributed by atoms with van der Waals surface area (Å²) >= 11 is 0. The second kappa shape index (κ2) is 7.22. The SMILES string of the molecule is CCNC(C)CCc1nc(-c2ccc(C)cc2OC)no1. The molecule has 2 aromatic rings. The molecule has 114 valence electrons. The van der Waals surface area contributed by atoms with Crippen molar-refractivity contribution in [1.29, 1.82) is 0 Å². The predicted octanol–water partition coefficient (Wildman–Crippen LogP) is 2.98. The second-order valence-corrected chi connectivity index (χ2v) is 5.21. The van der Waals surface area contributed by atoms with E-state index in [-0.39, 0.29) is 0 Å². The van der Waals surface area contributed by atoms with E-state index in [1.165, 1.54) is 0 Å². The fourth-order valence-electron chi connectivity index (χ4n) is 2.24. The van der Waals surface area contributed by atoms with E-state index in [0.717, 1.165) is 36.3 Å². The fourth-order valence-corrected chi connectivity index (χ4v) is 2.24. The van der Waals surface area contributed by atoms with E-state index < -0.39 is 0 Å². The number of aryl methyl sites for hydroxylation is 2. The maximum absolute atomic E-state index is 5.39. The number of hydrogen-bond donors (Lipinski definition) is 1. The zero-order valence-electron chi connectivity index (χ0n) is 13.1. The number of nitrogens with one attached hydrogen (secondary N) is 1. The van der Waals surface area contributed by atoms with Gasteiger partial charge in [0.1, 0.15) is 5.75 Å². The third kappa shape index (κ3) is 4.04. The number of ether oxygens (including phenoxy) is 1. The summed E-state index contributed by atoms with van der Waals surface area (Å²) in [5.74, 6) is 2.01. The van der Waals surface area contributed by atoms with Crippen LogP contribution in [0.3, 0.4) is 0 Å². The van der Waals surface area contributed by atoms with Gasteiger partial charge in [0.15, 0.2) is 0 Å². The molecule has 0 radical (unpaired) electrons. The van der Waals surface area contributed by atoms with Gasteiger partial charge in [0, 0.05) is 12.5 Å². The lowest BCUT2D eigenvalue weighted by Crippen LogP contribution is -2.25. The van der Waals surface area contributed by atoms with Crippen molar-refractivity contribution in [3.63, 3.8) is 0 Å². The average Bonchev–Trinajstić information content (AvgIpc) is 2.94. The van der Waals surface area contributed by atoms with Crippen molar-refractivity contribution < 1.29 is 9.26 Å². The molecule has 1 aromatic heterocycles. The molecule has 1 N–H and O–H groups in total. The Bertz CT molecular complexity index is 581. The lowest BCUT2D eigenvalue weighted by Gasteiger charge is -2.09. The Balaban J connectivity index is 2.09. The summed E-state index contributed by atoms with van der Waals surface area (Å²) in [6.45, 7) is 7.25. The van der Waals surface area contributed by atoms with Crippen LogP contribution in [-0.2, 0) is 6.42 Å². The van der Waals surface area contributed by atoms with Crippen LogP contribution in [0.5, 0.6) is 5.75 Å². The van der Waals surface area contributed by atoms with E-state index in [2.05, 4.69) is 29.3 Å². The van der Waals surface area contributed by atoms with E-state index in [0.29, 0.717) is 17.8 Å². The van der Waals surface area contributed by atoms with Gasteiger partial charge in [0.2, 0.25) is 11.7 Å². The maximum atomic E-state index is 5.39. The second-order valence-electron chi connectivity index (χ2n) is 5.21. The van der Waals surface area contributed by atoms with E-state index in [9.17, 15) is 0 Å². The Hall–Kier alpha value is -1.88. The van der Waals surface area contributed by atoms with Gasteiger partial charge in [-0.15, -0.1) is 0 Å². The van der Waals surface area contributed by atoms with Gasteiger partial charge in [-0.05, 0) is 44.5 Å². The number of hydrogen-bond acceptors (Lipinski definition) is 5. The summed E-state index contributed by atoms with van der Waals surface area (Å²) in [5.41, 5.74) is 2.00. The van der Waals surface area contributed by atoms with E-state index in [1.54, 1.807) is 7.11 Å². The molecule has 0 bridgehead atoms. The van der Waals surface area contributed by atoms with Gasteiger partial charge in [-0.2, -0.15) is 4.98 Å². The molecule has 1 atom stereocenters. The third-order valence-corrected chi connectivity index (χ3v) is 3.41. The summed E-state index contributed by atoms with van der Waals surface area (Å²) in [6, 6.07) is 6.39. The average molecular weight is 289 g/mol. The molecule has 2 rings (SSSR count). The first-order chi connectivity index (χ1) is 10.1. The first-order valence-corrected chi connectivity index (χ1v) is 7.35. The Morgan fingerprint density at radius 1 is 1.38 bits per heavy atom. The molecule has 1 aromatic carbocycles. The van der Waals surface area contributed by atoms with E-state index in [4.69, 9.17) is 9.26 Å². The van der Waals surface area contributed by atoms with Crippen LogP contribution in [0.1, 0.15) is 31.7 Å². The number of methoxy groups -OCH3 is 1. The maximum Gasteiger partial charge on any atom is 0.227 e. The highest BCUT2D eigenvalue weighted by atomic mass is 16.5. The first kappa shape index (κ1) is 15.5. The van der Waals surface area contributed by atoms with Crippen molar-refractivity contribution in [1.82, 2.24) is 15.5 Å². The molecule has 5 heteroatoms. The lowest BCUT2D eigenvalue weighted by atomic mass is 10.1. The normalized spacial score (nSPS) is 12.4. The van der Waals surface area contributed by atoms with Gasteiger partial charge in [0.25, 0.3) is 0 Å². The third-order valence-electron chi connectivity index (χ3n) is 3.41. The molecule has 0 saturated carbocycles. The molecule has 1 unspecified atom stereocenters. The summed E-state index contributed by atoms with van der Waals surface area (Å²) < 4.78 is 10.7. The molecule has 0 saturated heterocycles. The van der Waals surface area contributed by atoms with Crippen molar-refractivity contribution in [3.05, 3.63) is 29.7 Å². The fraction of sp³-hybridized carbons (Fsp3) is 0.500. The van der Waals surface area contributed by atoms with E-state index >= 15 is 0 Å². The molecule has 0 aliphatic rings. The van der Waals surface area contributed by atoms with Crippen molar-refractivity contribution in [2.75, 3.05) is 13.7 Å². The molecule has 0 spiro atoms. The number of rotatable bonds is 7. The number of benzene rings is 1. The van der Waals surface area contributed by atoms with Crippen LogP contribution in [0.15, 0.2) is 22.7 Å². The van der Waals surface area contributed by atoms with Crippen molar-refractivity contribution >= 4 is 0 Å². The van der Waals surface area contributed by atoms with Crippen molar-refractivity contribution in [3.8, 4) is 17.1 Å². The highest BCUT2D eigenvalue weighted by molar-refractivity contribution is 5.64. The summed E-state index contributed by atoms with van der Waals surface area (Å²) in [5, 5.41) is 7.43. The lowest BCUT2D eigenvalue weighted by molar-refractivity contribution is 0.367. The van der Waals surface area contributed by atoms with Gasteiger partial charge in [-0.25, -0.2) is 0 Å². The van der Waals surface area contributed by atoms with Crippen molar-refractivity contribution in [2.45, 2.75) is 39.7 Å². The highest BCUT2D eigenvalue weighted by Crippen LogP contribution is 2.28. The molecular formula is C16H23N3O2. The van der Waals surface area contributed by atoms with Crippen LogP contribution >= 0.6 is 0 Å². The molecule has 0 aliphatic carbocycles. The molecule has 0 fully saturated rings. The van der Waals surface area contributed by atoms with Crippen LogP contribution < -0.4 is 10.1 Å². The Labute approximate surface area is 125 Å². The zero-order chi connectivity index (χ0) is 15.2. The minimum atomic E-state index is 0.444. The molecule has 21 heavy (non-hydrogen) atoms. The quantitative estimate of drug-likeness (QED) is 0.849. The standard InChI is InChI=1S/C16H23N3O2/c1-5-17-12(3)7-9-15-18-16(19-21-15)13-8-6-11(2)10-14(13)20-4/h6,8,10,12,17H,5,7,9H2,1-4H3. The summed E-state index contributed by atoms with van der Waals surface area (Å²) in [4.78, 5) is 4.47. The molecule has 1 heterocycles. The summed E-state index contributed by atoms with van der Waals surface area (Å²) in [6.07, 6.45) is 1.75. The molecule has 0 aliphatic heterocycles. The minimum Gasteiger partial charge on any atom is -0.496 e. The Morgan fingerprint density at radius 2 is 2.19 bits per heavy atom. The van der Waals surface area contributed by atoms with Crippen LogP contribution in [-0.4, -0.2) is 29.8 Å². The van der Waals surface area contributed by atoms with Crippen LogP contribution in [0.2, 0.25) is 0 Å². The largest absolute Gasteiger partial charge is 0.496 e. The zero-order valence-corrected chi connectivity index (χ0v) is 13.1. The van der Waals surface area contributed by atoms with Gasteiger partial charge in [0.05, 0.1) is 12.7 Å². The first-order valence-electron chi connectivity index (χ1n) is 7.35. The summed E-state index contributed by atoms with van der Waals surface area (Å²) in [7, 11) is 1.65. The number of nitrogens with zero attached hydrogens (tertiary/aromatic N) is 2. The molecule has 0 amide bonds. The Kier molecular flexibility index (Phi) is 5.33. The van der Waals surface area contributed by atoms with Gasteiger partial charge in [-0.1, -0.05) is 18.1 Å².